The number of nitro groups is 1. The van der Waals surface area contributed by atoms with Crippen molar-refractivity contribution in [2.75, 3.05) is 5.32 Å². The lowest BCUT2D eigenvalue weighted by Crippen LogP contribution is -2.19. The summed E-state index contributed by atoms with van der Waals surface area (Å²) in [5, 5.41) is 13.6. The third kappa shape index (κ3) is 2.93. The highest BCUT2D eigenvalue weighted by molar-refractivity contribution is 6.09. The standard InChI is InChI=1S/C16H11N3O5/c17-16(21)18-11-3-1-9(2-4-11)15(20)14-8-10-7-12(19(22)23)5-6-13(10)24-14/h1-8H,(H3,17,18,21). The molecule has 1 aromatic heterocycles. The van der Waals surface area contributed by atoms with Crippen LogP contribution >= 0.6 is 0 Å². The average molecular weight is 325 g/mol. The van der Waals surface area contributed by atoms with Gasteiger partial charge in [-0.3, -0.25) is 14.9 Å². The van der Waals surface area contributed by atoms with Crippen LogP contribution in [0.3, 0.4) is 0 Å². The maximum absolute atomic E-state index is 12.4. The fraction of sp³-hybridized carbons (Fsp3) is 0. The van der Waals surface area contributed by atoms with Gasteiger partial charge in [0.05, 0.1) is 4.92 Å². The van der Waals surface area contributed by atoms with Crippen molar-refractivity contribution in [3.63, 3.8) is 0 Å². The lowest BCUT2D eigenvalue weighted by molar-refractivity contribution is -0.384. The van der Waals surface area contributed by atoms with Crippen molar-refractivity contribution in [2.24, 2.45) is 5.73 Å². The van der Waals surface area contributed by atoms with E-state index in [0.29, 0.717) is 22.2 Å². The van der Waals surface area contributed by atoms with Crippen LogP contribution in [0.1, 0.15) is 16.1 Å². The summed E-state index contributed by atoms with van der Waals surface area (Å²) >= 11 is 0. The van der Waals surface area contributed by atoms with E-state index < -0.39 is 11.0 Å². The predicted molar refractivity (Wildman–Crippen MR) is 85.9 cm³/mol. The third-order valence-electron chi connectivity index (χ3n) is 3.35. The Bertz CT molecular complexity index is 960. The molecule has 0 atom stereocenters. The molecule has 0 radical (unpaired) electrons. The van der Waals surface area contributed by atoms with Crippen LogP contribution in [-0.2, 0) is 0 Å². The summed E-state index contributed by atoms with van der Waals surface area (Å²) in [5.41, 5.74) is 6.12. The minimum atomic E-state index is -0.701. The van der Waals surface area contributed by atoms with Crippen molar-refractivity contribution < 1.29 is 18.9 Å². The van der Waals surface area contributed by atoms with Gasteiger partial charge in [-0.1, -0.05) is 0 Å². The lowest BCUT2D eigenvalue weighted by Gasteiger charge is -2.02. The normalized spacial score (nSPS) is 10.5. The Morgan fingerprint density at radius 3 is 2.42 bits per heavy atom. The molecule has 0 saturated carbocycles. The fourth-order valence-electron chi connectivity index (χ4n) is 2.25. The monoisotopic (exact) mass is 325 g/mol. The van der Waals surface area contributed by atoms with E-state index in [4.69, 9.17) is 10.2 Å². The number of nitrogens with two attached hydrogens (primary N) is 1. The van der Waals surface area contributed by atoms with Gasteiger partial charge < -0.3 is 15.5 Å². The molecule has 8 heteroatoms. The molecule has 0 aliphatic rings. The number of urea groups is 1. The second-order valence-corrected chi connectivity index (χ2v) is 4.99. The number of non-ortho nitro benzene ring substituents is 1. The van der Waals surface area contributed by atoms with Gasteiger partial charge in [0.1, 0.15) is 5.58 Å². The summed E-state index contributed by atoms with van der Waals surface area (Å²) in [7, 11) is 0. The van der Waals surface area contributed by atoms with Gasteiger partial charge in [0.25, 0.3) is 5.69 Å². The Labute approximate surface area is 135 Å². The van der Waals surface area contributed by atoms with Crippen LogP contribution in [0.4, 0.5) is 16.2 Å². The van der Waals surface area contributed by atoms with Gasteiger partial charge in [0.2, 0.25) is 5.78 Å². The number of ketones is 1. The number of hydrogen-bond donors (Lipinski definition) is 2. The fourth-order valence-corrected chi connectivity index (χ4v) is 2.25. The van der Waals surface area contributed by atoms with E-state index in [1.165, 1.54) is 48.5 Å². The van der Waals surface area contributed by atoms with Crippen LogP contribution in [0.25, 0.3) is 11.0 Å². The number of nitrogens with one attached hydrogen (secondary N) is 1. The first kappa shape index (κ1) is 15.2. The topological polar surface area (TPSA) is 128 Å². The second kappa shape index (κ2) is 5.84. The van der Waals surface area contributed by atoms with E-state index in [1.54, 1.807) is 0 Å². The molecule has 0 aliphatic carbocycles. The first-order valence-corrected chi connectivity index (χ1v) is 6.83. The molecule has 0 aliphatic heterocycles. The number of rotatable bonds is 4. The predicted octanol–water partition coefficient (Wildman–Crippen LogP) is 3.06. The molecule has 0 spiro atoms. The summed E-state index contributed by atoms with van der Waals surface area (Å²) < 4.78 is 5.45. The maximum Gasteiger partial charge on any atom is 0.316 e. The Kier molecular flexibility index (Phi) is 3.70. The van der Waals surface area contributed by atoms with Crippen LogP contribution in [0.2, 0.25) is 0 Å². The number of nitrogens with zero attached hydrogens (tertiary/aromatic N) is 1. The van der Waals surface area contributed by atoms with Crippen molar-refractivity contribution in [3.05, 3.63) is 70.0 Å². The molecule has 2 aromatic carbocycles. The molecular weight excluding hydrogens is 314 g/mol. The number of fused-ring (bicyclic) bond motifs is 1. The number of carbonyl (C=O) groups is 2. The SMILES string of the molecule is NC(=O)Nc1ccc(C(=O)c2cc3cc([N+](=O)[O-])ccc3o2)cc1. The zero-order valence-corrected chi connectivity index (χ0v) is 12.2. The second-order valence-electron chi connectivity index (χ2n) is 4.99. The van der Waals surface area contributed by atoms with Crippen molar-refractivity contribution >= 4 is 34.2 Å². The summed E-state index contributed by atoms with van der Waals surface area (Å²) in [6, 6.07) is 11.0. The van der Waals surface area contributed by atoms with Crippen molar-refractivity contribution in [1.29, 1.82) is 0 Å². The van der Waals surface area contributed by atoms with Gasteiger partial charge in [0, 0.05) is 28.8 Å². The summed E-state index contributed by atoms with van der Waals surface area (Å²) in [6.07, 6.45) is 0. The number of primary amides is 1. The number of benzene rings is 2. The lowest BCUT2D eigenvalue weighted by atomic mass is 10.1. The number of hydrogen-bond acceptors (Lipinski definition) is 5. The molecule has 0 unspecified atom stereocenters. The summed E-state index contributed by atoms with van der Waals surface area (Å²) in [5.74, 6) is -0.305. The van der Waals surface area contributed by atoms with Gasteiger partial charge in [-0.05, 0) is 36.4 Å². The molecule has 2 amide bonds. The molecule has 8 nitrogen and oxygen atoms in total. The van der Waals surface area contributed by atoms with Crippen molar-refractivity contribution in [3.8, 4) is 0 Å². The molecule has 0 fully saturated rings. The van der Waals surface area contributed by atoms with E-state index in [1.807, 2.05) is 0 Å². The minimum Gasteiger partial charge on any atom is -0.453 e. The molecular formula is C16H11N3O5. The zero-order chi connectivity index (χ0) is 17.3. The molecule has 3 aromatic rings. The van der Waals surface area contributed by atoms with E-state index >= 15 is 0 Å². The number of anilines is 1. The average Bonchev–Trinajstić information content (AvgIpc) is 2.97. The van der Waals surface area contributed by atoms with Gasteiger partial charge in [-0.25, -0.2) is 4.79 Å². The summed E-state index contributed by atoms with van der Waals surface area (Å²) in [4.78, 5) is 33.5. The molecule has 3 rings (SSSR count). The van der Waals surface area contributed by atoms with Crippen LogP contribution in [0.5, 0.6) is 0 Å². The Hall–Kier alpha value is -3.68. The Morgan fingerprint density at radius 2 is 1.79 bits per heavy atom. The maximum atomic E-state index is 12.4. The van der Waals surface area contributed by atoms with Crippen LogP contribution in [0, 0.1) is 10.1 Å². The van der Waals surface area contributed by atoms with Gasteiger partial charge in [0.15, 0.2) is 5.76 Å². The third-order valence-corrected chi connectivity index (χ3v) is 3.35. The van der Waals surface area contributed by atoms with Crippen LogP contribution in [0.15, 0.2) is 52.9 Å². The number of furan rings is 1. The zero-order valence-electron chi connectivity index (χ0n) is 12.2. The van der Waals surface area contributed by atoms with Crippen LogP contribution < -0.4 is 11.1 Å². The molecule has 1 heterocycles. The first-order valence-electron chi connectivity index (χ1n) is 6.83. The van der Waals surface area contributed by atoms with Crippen LogP contribution in [-0.4, -0.2) is 16.7 Å². The highest BCUT2D eigenvalue weighted by Crippen LogP contribution is 2.25. The van der Waals surface area contributed by atoms with Gasteiger partial charge in [-0.2, -0.15) is 0 Å². The Balaban J connectivity index is 1.90. The highest BCUT2D eigenvalue weighted by atomic mass is 16.6. The molecule has 0 bridgehead atoms. The van der Waals surface area contributed by atoms with E-state index in [2.05, 4.69) is 5.32 Å². The number of nitro benzene ring substituents is 1. The van der Waals surface area contributed by atoms with E-state index in [0.717, 1.165) is 0 Å². The van der Waals surface area contributed by atoms with Gasteiger partial charge >= 0.3 is 6.03 Å². The Morgan fingerprint density at radius 1 is 1.08 bits per heavy atom. The molecule has 3 N–H and O–H groups in total. The van der Waals surface area contributed by atoms with E-state index in [9.17, 15) is 19.7 Å². The number of carbonyl (C=O) groups excluding carboxylic acids is 2. The smallest absolute Gasteiger partial charge is 0.316 e. The van der Waals surface area contributed by atoms with Crippen molar-refractivity contribution in [2.45, 2.75) is 0 Å². The molecule has 120 valence electrons. The van der Waals surface area contributed by atoms with Gasteiger partial charge in [-0.15, -0.1) is 0 Å². The largest absolute Gasteiger partial charge is 0.453 e. The summed E-state index contributed by atoms with van der Waals surface area (Å²) in [6.45, 7) is 0. The molecule has 24 heavy (non-hydrogen) atoms. The minimum absolute atomic E-state index is 0.0705. The first-order chi connectivity index (χ1) is 11.4. The quantitative estimate of drug-likeness (QED) is 0.432. The van der Waals surface area contributed by atoms with Crippen molar-refractivity contribution in [1.82, 2.24) is 0 Å². The van der Waals surface area contributed by atoms with E-state index in [-0.39, 0.29) is 17.2 Å². The molecule has 0 saturated heterocycles. The number of amides is 2. The highest BCUT2D eigenvalue weighted by Gasteiger charge is 2.16.